The summed E-state index contributed by atoms with van der Waals surface area (Å²) in [7, 11) is -3.61. The molecule has 2 saturated heterocycles. The zero-order valence-electron chi connectivity index (χ0n) is 16.0. The van der Waals surface area contributed by atoms with Crippen LogP contribution in [0.4, 0.5) is 4.39 Å². The maximum atomic E-state index is 13.1. The van der Waals surface area contributed by atoms with Crippen LogP contribution in [0, 0.1) is 5.82 Å². The Morgan fingerprint density at radius 2 is 1.67 bits per heavy atom. The summed E-state index contributed by atoms with van der Waals surface area (Å²) in [5.41, 5.74) is 0. The van der Waals surface area contributed by atoms with Crippen LogP contribution in [-0.2, 0) is 14.8 Å². The van der Waals surface area contributed by atoms with Gasteiger partial charge in [-0.2, -0.15) is 4.31 Å². The Hall–Kier alpha value is -1.51. The van der Waals surface area contributed by atoms with Crippen LogP contribution in [0.2, 0.25) is 0 Å². The van der Waals surface area contributed by atoms with Crippen LogP contribution >= 0.6 is 0 Å². The van der Waals surface area contributed by atoms with Crippen molar-refractivity contribution in [1.82, 2.24) is 9.21 Å². The highest BCUT2D eigenvalue weighted by Gasteiger charge is 2.34. The second kappa shape index (κ2) is 8.24. The lowest BCUT2D eigenvalue weighted by Crippen LogP contribution is -3.15. The number of carbonyl (C=O) groups excluding carboxylic acids is 1. The highest BCUT2D eigenvalue weighted by molar-refractivity contribution is 7.89. The first kappa shape index (κ1) is 20.2. The molecule has 0 saturated carbocycles. The standard InChI is InChI=1S/C19H28FN3O3S/c1-15-4-3-5-16(2)23(15)19(24)14-21-10-12-22(13-11-21)27(25,26)18-8-6-17(20)7-9-18/h6-9,15-16H,3-5,10-14H2,1-2H3/p+1/t15-,16-/m1/s1. The predicted molar refractivity (Wildman–Crippen MR) is 100 cm³/mol. The molecule has 0 unspecified atom stereocenters. The molecule has 0 aliphatic carbocycles. The highest BCUT2D eigenvalue weighted by atomic mass is 32.2. The fraction of sp³-hybridized carbons (Fsp3) is 0.632. The number of likely N-dealkylation sites (tertiary alicyclic amines) is 1. The number of hydrogen-bond acceptors (Lipinski definition) is 3. The van der Waals surface area contributed by atoms with Crippen LogP contribution in [0.3, 0.4) is 0 Å². The summed E-state index contributed by atoms with van der Waals surface area (Å²) in [5.74, 6) is -0.289. The van der Waals surface area contributed by atoms with Crippen molar-refractivity contribution in [2.75, 3.05) is 32.7 Å². The molecule has 2 atom stereocenters. The molecule has 0 spiro atoms. The van der Waals surface area contributed by atoms with Crippen LogP contribution < -0.4 is 4.90 Å². The number of amides is 1. The summed E-state index contributed by atoms with van der Waals surface area (Å²) < 4.78 is 39.8. The van der Waals surface area contributed by atoms with E-state index in [0.717, 1.165) is 29.9 Å². The fourth-order valence-electron chi connectivity index (χ4n) is 4.19. The number of piperazine rings is 1. The van der Waals surface area contributed by atoms with E-state index in [1.54, 1.807) is 0 Å². The molecule has 0 aromatic heterocycles. The number of nitrogens with zero attached hydrogens (tertiary/aromatic N) is 2. The van der Waals surface area contributed by atoms with E-state index in [1.165, 1.54) is 22.9 Å². The van der Waals surface area contributed by atoms with E-state index >= 15 is 0 Å². The van der Waals surface area contributed by atoms with Gasteiger partial charge in [0.05, 0.1) is 31.1 Å². The second-order valence-corrected chi connectivity index (χ2v) is 9.65. The highest BCUT2D eigenvalue weighted by Crippen LogP contribution is 2.22. The third-order valence-electron chi connectivity index (χ3n) is 5.76. The summed E-state index contributed by atoms with van der Waals surface area (Å²) in [4.78, 5) is 16.0. The van der Waals surface area contributed by atoms with Gasteiger partial charge < -0.3 is 9.80 Å². The molecule has 2 heterocycles. The van der Waals surface area contributed by atoms with E-state index < -0.39 is 15.8 Å². The molecule has 1 amide bonds. The van der Waals surface area contributed by atoms with Gasteiger partial charge in [0.25, 0.3) is 5.91 Å². The third-order valence-corrected chi connectivity index (χ3v) is 7.68. The Kier molecular flexibility index (Phi) is 6.18. The summed E-state index contributed by atoms with van der Waals surface area (Å²) in [6, 6.07) is 5.47. The van der Waals surface area contributed by atoms with Gasteiger partial charge in [-0.1, -0.05) is 0 Å². The number of benzene rings is 1. The monoisotopic (exact) mass is 398 g/mol. The molecule has 1 N–H and O–H groups in total. The number of halogens is 1. The van der Waals surface area contributed by atoms with Crippen molar-refractivity contribution in [1.29, 1.82) is 0 Å². The largest absolute Gasteiger partial charge is 0.332 e. The molecule has 2 aliphatic heterocycles. The van der Waals surface area contributed by atoms with Gasteiger partial charge >= 0.3 is 0 Å². The van der Waals surface area contributed by atoms with E-state index in [0.29, 0.717) is 32.7 Å². The zero-order chi connectivity index (χ0) is 19.6. The van der Waals surface area contributed by atoms with Crippen LogP contribution in [0.5, 0.6) is 0 Å². The van der Waals surface area contributed by atoms with E-state index in [4.69, 9.17) is 0 Å². The van der Waals surface area contributed by atoms with Crippen molar-refractivity contribution in [3.63, 3.8) is 0 Å². The lowest BCUT2D eigenvalue weighted by molar-refractivity contribution is -0.896. The molecule has 2 fully saturated rings. The number of nitrogens with one attached hydrogen (secondary N) is 1. The lowest BCUT2D eigenvalue weighted by Gasteiger charge is -2.40. The van der Waals surface area contributed by atoms with Crippen LogP contribution in [-0.4, -0.2) is 68.3 Å². The zero-order valence-corrected chi connectivity index (χ0v) is 16.8. The topological polar surface area (TPSA) is 62.1 Å². The van der Waals surface area contributed by atoms with Gasteiger partial charge in [0.15, 0.2) is 6.54 Å². The minimum Gasteiger partial charge on any atom is -0.332 e. The first-order valence-corrected chi connectivity index (χ1v) is 11.1. The first-order valence-electron chi connectivity index (χ1n) is 9.69. The van der Waals surface area contributed by atoms with E-state index in [1.807, 2.05) is 4.90 Å². The normalized spacial score (nSPS) is 25.5. The number of quaternary nitrogens is 1. The molecule has 27 heavy (non-hydrogen) atoms. The van der Waals surface area contributed by atoms with Gasteiger partial charge in [-0.25, -0.2) is 12.8 Å². The quantitative estimate of drug-likeness (QED) is 0.804. The van der Waals surface area contributed by atoms with E-state index in [-0.39, 0.29) is 22.9 Å². The smallest absolute Gasteiger partial charge is 0.278 e. The molecule has 2 aliphatic rings. The summed E-state index contributed by atoms with van der Waals surface area (Å²) in [6.45, 7) is 6.57. The number of sulfonamides is 1. The van der Waals surface area contributed by atoms with E-state index in [2.05, 4.69) is 13.8 Å². The average molecular weight is 399 g/mol. The van der Waals surface area contributed by atoms with Gasteiger partial charge in [0.2, 0.25) is 10.0 Å². The number of piperidine rings is 1. The summed E-state index contributed by atoms with van der Waals surface area (Å²) >= 11 is 0. The van der Waals surface area contributed by atoms with Crippen LogP contribution in [0.25, 0.3) is 0 Å². The van der Waals surface area contributed by atoms with Crippen molar-refractivity contribution in [3.8, 4) is 0 Å². The van der Waals surface area contributed by atoms with Crippen molar-refractivity contribution in [3.05, 3.63) is 30.1 Å². The molecule has 0 bridgehead atoms. The molecule has 3 rings (SSSR count). The fourth-order valence-corrected chi connectivity index (χ4v) is 5.63. The minimum absolute atomic E-state index is 0.111. The Morgan fingerprint density at radius 3 is 2.22 bits per heavy atom. The molecule has 8 heteroatoms. The molecule has 1 aromatic rings. The van der Waals surface area contributed by atoms with Gasteiger partial charge in [-0.15, -0.1) is 0 Å². The van der Waals surface area contributed by atoms with Crippen molar-refractivity contribution < 1.29 is 22.5 Å². The molecule has 150 valence electrons. The Balaban J connectivity index is 1.57. The lowest BCUT2D eigenvalue weighted by atomic mass is 9.97. The predicted octanol–water partition coefficient (Wildman–Crippen LogP) is 0.504. The van der Waals surface area contributed by atoms with Gasteiger partial charge in [-0.05, 0) is 57.4 Å². The third kappa shape index (κ3) is 4.50. The van der Waals surface area contributed by atoms with Gasteiger partial charge in [0.1, 0.15) is 5.82 Å². The summed E-state index contributed by atoms with van der Waals surface area (Å²) in [6.07, 6.45) is 3.27. The molecule has 0 radical (unpaired) electrons. The van der Waals surface area contributed by atoms with Crippen molar-refractivity contribution >= 4 is 15.9 Å². The SMILES string of the molecule is C[C@@H]1CCC[C@@H](C)N1C(=O)C[NH+]1CCN(S(=O)(=O)c2ccc(F)cc2)CC1. The van der Waals surface area contributed by atoms with Crippen molar-refractivity contribution in [2.24, 2.45) is 0 Å². The molecule has 6 nitrogen and oxygen atoms in total. The minimum atomic E-state index is -3.61. The van der Waals surface area contributed by atoms with E-state index in [9.17, 15) is 17.6 Å². The Morgan fingerprint density at radius 1 is 1.11 bits per heavy atom. The molecular formula is C19H29FN3O3S+. The Labute approximate surface area is 161 Å². The Bertz CT molecular complexity index is 751. The first-order chi connectivity index (χ1) is 12.8. The molecule has 1 aromatic carbocycles. The molecular weight excluding hydrogens is 369 g/mol. The van der Waals surface area contributed by atoms with Crippen LogP contribution in [0.15, 0.2) is 29.2 Å². The number of carbonyl (C=O) groups is 1. The maximum Gasteiger partial charge on any atom is 0.278 e. The van der Waals surface area contributed by atoms with Gasteiger partial charge in [-0.3, -0.25) is 4.79 Å². The summed E-state index contributed by atoms with van der Waals surface area (Å²) in [5, 5.41) is 0. The average Bonchev–Trinajstić information content (AvgIpc) is 2.62. The number of rotatable bonds is 4. The van der Waals surface area contributed by atoms with Crippen LogP contribution in [0.1, 0.15) is 33.1 Å². The van der Waals surface area contributed by atoms with Crippen molar-refractivity contribution in [2.45, 2.75) is 50.1 Å². The number of hydrogen-bond donors (Lipinski definition) is 1. The second-order valence-electron chi connectivity index (χ2n) is 7.71. The van der Waals surface area contributed by atoms with Gasteiger partial charge in [0, 0.05) is 12.1 Å². The maximum absolute atomic E-state index is 13.1.